The number of phenolic OH excluding ortho intramolecular Hbond substituents is 2. The van der Waals surface area contributed by atoms with Crippen LogP contribution < -0.4 is 0 Å². The molecule has 6 nitrogen and oxygen atoms in total. The van der Waals surface area contributed by atoms with Gasteiger partial charge in [0.1, 0.15) is 22.5 Å². The maximum Gasteiger partial charge on any atom is 0.145 e. The smallest absolute Gasteiger partial charge is 0.145 e. The number of benzene rings is 2. The molecule has 0 amide bonds. The van der Waals surface area contributed by atoms with Crippen LogP contribution in [-0.4, -0.2) is 33.4 Å². The number of ether oxygens (including phenoxy) is 2. The van der Waals surface area contributed by atoms with Crippen molar-refractivity contribution in [2.24, 2.45) is 0 Å². The van der Waals surface area contributed by atoms with Gasteiger partial charge in [0, 0.05) is 53.9 Å². The molecule has 0 fully saturated rings. The van der Waals surface area contributed by atoms with E-state index >= 15 is 0 Å². The van der Waals surface area contributed by atoms with E-state index in [1.807, 2.05) is 50.2 Å². The third-order valence-electron chi connectivity index (χ3n) is 5.37. The lowest BCUT2D eigenvalue weighted by Crippen LogP contribution is -2.01. The van der Waals surface area contributed by atoms with Crippen LogP contribution in [0.5, 0.6) is 11.5 Å². The van der Waals surface area contributed by atoms with Crippen LogP contribution in [0.15, 0.2) is 48.8 Å². The first-order valence-corrected chi connectivity index (χ1v) is 10.5. The molecule has 31 heavy (non-hydrogen) atoms. The lowest BCUT2D eigenvalue weighted by Gasteiger charge is -2.15. The van der Waals surface area contributed by atoms with E-state index < -0.39 is 0 Å². The fraction of sp³-hybridized carbons (Fsp3) is 0.280. The minimum absolute atomic E-state index is 0.114. The van der Waals surface area contributed by atoms with Gasteiger partial charge in [0.2, 0.25) is 0 Å². The minimum atomic E-state index is 0.114. The third kappa shape index (κ3) is 4.17. The molecule has 160 valence electrons. The Kier molecular flexibility index (Phi) is 6.30. The van der Waals surface area contributed by atoms with E-state index in [1.54, 1.807) is 12.4 Å². The van der Waals surface area contributed by atoms with Gasteiger partial charge in [0.05, 0.1) is 13.2 Å². The molecule has 0 bridgehead atoms. The summed E-state index contributed by atoms with van der Waals surface area (Å²) < 4.78 is 11.3. The topological polar surface area (TPSA) is 84.7 Å². The summed E-state index contributed by atoms with van der Waals surface area (Å²) in [6.45, 7) is 5.93. The van der Waals surface area contributed by atoms with E-state index in [4.69, 9.17) is 9.47 Å². The molecule has 0 unspecified atom stereocenters. The molecule has 0 aliphatic heterocycles. The van der Waals surface area contributed by atoms with Gasteiger partial charge in [-0.25, -0.2) is 0 Å². The maximum atomic E-state index is 11.0. The van der Waals surface area contributed by atoms with Crippen LogP contribution in [0.3, 0.4) is 0 Å². The fourth-order valence-corrected chi connectivity index (χ4v) is 3.86. The Bertz CT molecular complexity index is 1130. The van der Waals surface area contributed by atoms with Gasteiger partial charge in [-0.15, -0.1) is 0 Å². The first-order chi connectivity index (χ1) is 15.1. The van der Waals surface area contributed by atoms with Crippen molar-refractivity contribution >= 4 is 21.8 Å². The number of phenols is 2. The van der Waals surface area contributed by atoms with Gasteiger partial charge in [-0.2, -0.15) is 0 Å². The predicted molar refractivity (Wildman–Crippen MR) is 120 cm³/mol. The normalized spacial score (nSPS) is 11.4. The summed E-state index contributed by atoms with van der Waals surface area (Å²) in [6.07, 6.45) is 3.65. The van der Waals surface area contributed by atoms with Crippen molar-refractivity contribution in [3.05, 3.63) is 71.0 Å². The Morgan fingerprint density at radius 3 is 1.58 bits per heavy atom. The van der Waals surface area contributed by atoms with Crippen molar-refractivity contribution in [3.63, 3.8) is 0 Å². The number of hydrogen-bond donors (Lipinski definition) is 2. The van der Waals surface area contributed by atoms with Crippen molar-refractivity contribution in [1.29, 1.82) is 0 Å². The lowest BCUT2D eigenvalue weighted by atomic mass is 9.95. The summed E-state index contributed by atoms with van der Waals surface area (Å²) in [5.74, 6) is 0.227. The molecule has 4 rings (SSSR count). The second-order valence-electron chi connectivity index (χ2n) is 7.34. The van der Waals surface area contributed by atoms with Crippen molar-refractivity contribution in [2.75, 3.05) is 13.2 Å². The number of nitrogens with zero attached hydrogens (tertiary/aromatic N) is 2. The zero-order chi connectivity index (χ0) is 21.8. The van der Waals surface area contributed by atoms with Gasteiger partial charge < -0.3 is 19.7 Å². The van der Waals surface area contributed by atoms with Crippen molar-refractivity contribution in [3.8, 4) is 11.5 Å². The molecule has 2 aromatic heterocycles. The van der Waals surface area contributed by atoms with Crippen LogP contribution >= 0.6 is 0 Å². The molecule has 0 saturated heterocycles. The minimum Gasteiger partial charge on any atom is -0.505 e. The Hall–Kier alpha value is -3.22. The van der Waals surface area contributed by atoms with E-state index in [0.717, 1.165) is 21.9 Å². The highest BCUT2D eigenvalue weighted by atomic mass is 16.5. The molecule has 0 spiro atoms. The standard InChI is InChI=1S/C25H26N2O4/c1-3-30-14-18-12-16(24(28)22-20(18)7-5-9-26-22)11-17-13-19(15-31-4-2)21-8-6-10-27-23(21)25(17)29/h5-10,12-13,28-29H,3-4,11,14-15H2,1-2H3. The van der Waals surface area contributed by atoms with Gasteiger partial charge >= 0.3 is 0 Å². The summed E-state index contributed by atoms with van der Waals surface area (Å²) in [4.78, 5) is 8.76. The zero-order valence-corrected chi connectivity index (χ0v) is 17.8. The van der Waals surface area contributed by atoms with Crippen LogP contribution in [0.25, 0.3) is 21.8 Å². The van der Waals surface area contributed by atoms with Crippen molar-refractivity contribution in [1.82, 2.24) is 9.97 Å². The molecule has 0 aliphatic carbocycles. The summed E-state index contributed by atoms with van der Waals surface area (Å²) in [6, 6.07) is 11.4. The number of rotatable bonds is 8. The molecule has 0 aliphatic rings. The molecule has 0 radical (unpaired) electrons. The lowest BCUT2D eigenvalue weighted by molar-refractivity contribution is 0.135. The summed E-state index contributed by atoms with van der Waals surface area (Å²) >= 11 is 0. The highest BCUT2D eigenvalue weighted by Crippen LogP contribution is 2.36. The first-order valence-electron chi connectivity index (χ1n) is 10.5. The van der Waals surface area contributed by atoms with Gasteiger partial charge in [-0.05, 0) is 49.2 Å². The average Bonchev–Trinajstić information content (AvgIpc) is 2.81. The highest BCUT2D eigenvalue weighted by Gasteiger charge is 2.17. The fourth-order valence-electron chi connectivity index (χ4n) is 3.86. The molecule has 0 atom stereocenters. The monoisotopic (exact) mass is 418 g/mol. The Morgan fingerprint density at radius 1 is 0.710 bits per heavy atom. The SMILES string of the molecule is CCOCc1cc(Cc2cc(COCC)c3cccnc3c2O)c(O)c2ncccc12. The summed E-state index contributed by atoms with van der Waals surface area (Å²) in [7, 11) is 0. The summed E-state index contributed by atoms with van der Waals surface area (Å²) in [5, 5.41) is 23.6. The Labute approximate surface area is 181 Å². The van der Waals surface area contributed by atoms with Crippen LogP contribution in [-0.2, 0) is 29.1 Å². The van der Waals surface area contributed by atoms with Gasteiger partial charge in [-0.1, -0.05) is 12.1 Å². The Morgan fingerprint density at radius 2 is 1.16 bits per heavy atom. The average molecular weight is 418 g/mol. The maximum absolute atomic E-state index is 11.0. The van der Waals surface area contributed by atoms with Gasteiger partial charge in [0.25, 0.3) is 0 Å². The van der Waals surface area contributed by atoms with E-state index in [0.29, 0.717) is 55.0 Å². The highest BCUT2D eigenvalue weighted by molar-refractivity contribution is 5.90. The number of pyridine rings is 2. The van der Waals surface area contributed by atoms with E-state index in [1.165, 1.54) is 0 Å². The van der Waals surface area contributed by atoms with Crippen molar-refractivity contribution < 1.29 is 19.7 Å². The van der Waals surface area contributed by atoms with Crippen LogP contribution in [0.1, 0.15) is 36.1 Å². The Balaban J connectivity index is 1.83. The molecule has 2 aromatic carbocycles. The first kappa shape index (κ1) is 21.0. The second kappa shape index (κ2) is 9.29. The van der Waals surface area contributed by atoms with Crippen molar-refractivity contribution in [2.45, 2.75) is 33.5 Å². The quantitative estimate of drug-likeness (QED) is 0.425. The molecule has 6 heteroatoms. The molecular formula is C25H26N2O4. The number of hydrogen-bond acceptors (Lipinski definition) is 6. The molecular weight excluding hydrogens is 392 g/mol. The molecule has 2 N–H and O–H groups in total. The number of aromatic hydroxyl groups is 2. The number of fused-ring (bicyclic) bond motifs is 2. The third-order valence-corrected chi connectivity index (χ3v) is 5.37. The zero-order valence-electron chi connectivity index (χ0n) is 17.8. The predicted octanol–water partition coefficient (Wildman–Crippen LogP) is 4.86. The van der Waals surface area contributed by atoms with Gasteiger partial charge in [-0.3, -0.25) is 9.97 Å². The molecule has 4 aromatic rings. The largest absolute Gasteiger partial charge is 0.505 e. The summed E-state index contributed by atoms with van der Waals surface area (Å²) in [5.41, 5.74) is 4.31. The second-order valence-corrected chi connectivity index (χ2v) is 7.34. The van der Waals surface area contributed by atoms with Crippen LogP contribution in [0.2, 0.25) is 0 Å². The number of aromatic nitrogens is 2. The van der Waals surface area contributed by atoms with E-state index in [-0.39, 0.29) is 11.5 Å². The van der Waals surface area contributed by atoms with E-state index in [2.05, 4.69) is 9.97 Å². The molecule has 2 heterocycles. The van der Waals surface area contributed by atoms with Gasteiger partial charge in [0.15, 0.2) is 0 Å². The van der Waals surface area contributed by atoms with Crippen LogP contribution in [0, 0.1) is 0 Å². The van der Waals surface area contributed by atoms with Crippen LogP contribution in [0.4, 0.5) is 0 Å². The molecule has 0 saturated carbocycles. The van der Waals surface area contributed by atoms with E-state index in [9.17, 15) is 10.2 Å².